The molecule has 0 unspecified atom stereocenters. The minimum Gasteiger partial charge on any atom is -0.315 e. The number of rotatable bonds is 5. The third kappa shape index (κ3) is 3.92. The Morgan fingerprint density at radius 1 is 1.46 bits per heavy atom. The molecule has 0 aliphatic rings. The van der Waals surface area contributed by atoms with E-state index < -0.39 is 0 Å². The average molecular weight is 197 g/mol. The fraction of sp³-hybridized carbons (Fsp3) is 0.636. The second-order valence-corrected chi connectivity index (χ2v) is 4.74. The standard InChI is InChI=1S/C11H19NS/c1-9(2)12-7-4-5-11-10(3)6-8-13-11/h6,8-9,12H,4-5,7H2,1-3H3. The lowest BCUT2D eigenvalue weighted by atomic mass is 10.2. The molecule has 0 fully saturated rings. The lowest BCUT2D eigenvalue weighted by Crippen LogP contribution is -2.23. The molecule has 0 bridgehead atoms. The van der Waals surface area contributed by atoms with Crippen molar-refractivity contribution in [2.75, 3.05) is 6.54 Å². The monoisotopic (exact) mass is 197 g/mol. The Morgan fingerprint density at radius 2 is 2.23 bits per heavy atom. The topological polar surface area (TPSA) is 12.0 Å². The third-order valence-corrected chi connectivity index (χ3v) is 3.18. The number of thiophene rings is 1. The van der Waals surface area contributed by atoms with Gasteiger partial charge in [0.15, 0.2) is 0 Å². The van der Waals surface area contributed by atoms with Crippen LogP contribution >= 0.6 is 11.3 Å². The second kappa shape index (κ2) is 5.40. The van der Waals surface area contributed by atoms with Crippen molar-refractivity contribution in [2.24, 2.45) is 0 Å². The molecule has 13 heavy (non-hydrogen) atoms. The normalized spacial score (nSPS) is 11.1. The van der Waals surface area contributed by atoms with Crippen LogP contribution in [0.4, 0.5) is 0 Å². The number of nitrogens with one attached hydrogen (secondary N) is 1. The van der Waals surface area contributed by atoms with Gasteiger partial charge in [0.25, 0.3) is 0 Å². The lowest BCUT2D eigenvalue weighted by molar-refractivity contribution is 0.571. The van der Waals surface area contributed by atoms with Crippen molar-refractivity contribution in [1.29, 1.82) is 0 Å². The van der Waals surface area contributed by atoms with Crippen molar-refractivity contribution < 1.29 is 0 Å². The summed E-state index contributed by atoms with van der Waals surface area (Å²) >= 11 is 1.88. The Kier molecular flexibility index (Phi) is 4.46. The number of hydrogen-bond donors (Lipinski definition) is 1. The zero-order valence-corrected chi connectivity index (χ0v) is 9.58. The molecule has 0 atom stereocenters. The summed E-state index contributed by atoms with van der Waals surface area (Å²) in [4.78, 5) is 1.55. The first-order chi connectivity index (χ1) is 6.20. The Morgan fingerprint density at radius 3 is 2.77 bits per heavy atom. The van der Waals surface area contributed by atoms with Crippen molar-refractivity contribution >= 4 is 11.3 Å². The molecule has 0 amide bonds. The molecule has 0 aromatic carbocycles. The van der Waals surface area contributed by atoms with Gasteiger partial charge >= 0.3 is 0 Å². The Hall–Kier alpha value is -0.340. The van der Waals surface area contributed by atoms with Crippen LogP contribution in [-0.4, -0.2) is 12.6 Å². The second-order valence-electron chi connectivity index (χ2n) is 3.74. The summed E-state index contributed by atoms with van der Waals surface area (Å²) in [6.07, 6.45) is 2.47. The zero-order valence-electron chi connectivity index (χ0n) is 8.76. The molecule has 1 rings (SSSR count). The molecule has 0 aliphatic heterocycles. The highest BCUT2D eigenvalue weighted by molar-refractivity contribution is 7.10. The minimum atomic E-state index is 0.615. The van der Waals surface area contributed by atoms with Gasteiger partial charge in [-0.05, 0) is 43.3 Å². The van der Waals surface area contributed by atoms with Gasteiger partial charge in [0.1, 0.15) is 0 Å². The molecule has 0 spiro atoms. The van der Waals surface area contributed by atoms with Gasteiger partial charge in [0, 0.05) is 10.9 Å². The van der Waals surface area contributed by atoms with E-state index >= 15 is 0 Å². The van der Waals surface area contributed by atoms with Gasteiger partial charge in [-0.15, -0.1) is 11.3 Å². The van der Waals surface area contributed by atoms with Gasteiger partial charge in [-0.2, -0.15) is 0 Å². The first kappa shape index (κ1) is 10.7. The van der Waals surface area contributed by atoms with Crippen LogP contribution in [0.15, 0.2) is 11.4 Å². The zero-order chi connectivity index (χ0) is 9.68. The number of aryl methyl sites for hydroxylation is 2. The van der Waals surface area contributed by atoms with Gasteiger partial charge < -0.3 is 5.32 Å². The van der Waals surface area contributed by atoms with Gasteiger partial charge in [-0.25, -0.2) is 0 Å². The Balaban J connectivity index is 2.17. The largest absolute Gasteiger partial charge is 0.315 e. The highest BCUT2D eigenvalue weighted by Crippen LogP contribution is 2.16. The Bertz CT molecular complexity index is 240. The van der Waals surface area contributed by atoms with E-state index in [1.165, 1.54) is 18.4 Å². The molecule has 1 heterocycles. The highest BCUT2D eigenvalue weighted by atomic mass is 32.1. The Labute approximate surface area is 85.2 Å². The molecule has 1 aromatic heterocycles. The molecule has 2 heteroatoms. The summed E-state index contributed by atoms with van der Waals surface area (Å²) < 4.78 is 0. The van der Waals surface area contributed by atoms with Crippen LogP contribution < -0.4 is 5.32 Å². The maximum Gasteiger partial charge on any atom is 0.00748 e. The van der Waals surface area contributed by atoms with Crippen LogP contribution in [-0.2, 0) is 6.42 Å². The summed E-state index contributed by atoms with van der Waals surface area (Å²) in [5, 5.41) is 5.61. The molecular formula is C11H19NS. The maximum atomic E-state index is 3.43. The molecule has 0 saturated carbocycles. The quantitative estimate of drug-likeness (QED) is 0.716. The molecule has 1 N–H and O–H groups in total. The van der Waals surface area contributed by atoms with Crippen molar-refractivity contribution in [1.82, 2.24) is 5.32 Å². The fourth-order valence-electron chi connectivity index (χ4n) is 1.30. The van der Waals surface area contributed by atoms with Gasteiger partial charge in [-0.1, -0.05) is 13.8 Å². The van der Waals surface area contributed by atoms with E-state index in [1.54, 1.807) is 4.88 Å². The summed E-state index contributed by atoms with van der Waals surface area (Å²) in [7, 11) is 0. The SMILES string of the molecule is Cc1ccsc1CCCNC(C)C. The van der Waals surface area contributed by atoms with E-state index in [0.717, 1.165) is 6.54 Å². The number of hydrogen-bond acceptors (Lipinski definition) is 2. The van der Waals surface area contributed by atoms with Crippen LogP contribution in [0.2, 0.25) is 0 Å². The van der Waals surface area contributed by atoms with E-state index in [2.05, 4.69) is 37.5 Å². The van der Waals surface area contributed by atoms with Crippen molar-refractivity contribution in [2.45, 2.75) is 39.7 Å². The smallest absolute Gasteiger partial charge is 0.00748 e. The van der Waals surface area contributed by atoms with Crippen LogP contribution in [0.5, 0.6) is 0 Å². The van der Waals surface area contributed by atoms with Gasteiger partial charge in [0.2, 0.25) is 0 Å². The molecule has 0 aliphatic carbocycles. The predicted molar refractivity (Wildman–Crippen MR) is 60.5 cm³/mol. The van der Waals surface area contributed by atoms with E-state index in [1.807, 2.05) is 11.3 Å². The van der Waals surface area contributed by atoms with Crippen molar-refractivity contribution in [3.05, 3.63) is 21.9 Å². The van der Waals surface area contributed by atoms with E-state index in [-0.39, 0.29) is 0 Å². The third-order valence-electron chi connectivity index (χ3n) is 2.10. The molecule has 1 nitrogen and oxygen atoms in total. The summed E-state index contributed by atoms with van der Waals surface area (Å²) in [6, 6.07) is 2.82. The van der Waals surface area contributed by atoms with E-state index in [0.29, 0.717) is 6.04 Å². The minimum absolute atomic E-state index is 0.615. The molecule has 74 valence electrons. The fourth-order valence-corrected chi connectivity index (χ4v) is 2.25. The van der Waals surface area contributed by atoms with Crippen LogP contribution in [0, 0.1) is 6.92 Å². The van der Waals surface area contributed by atoms with Crippen LogP contribution in [0.1, 0.15) is 30.7 Å². The van der Waals surface area contributed by atoms with Crippen molar-refractivity contribution in [3.63, 3.8) is 0 Å². The maximum absolute atomic E-state index is 3.43. The molecular weight excluding hydrogens is 178 g/mol. The van der Waals surface area contributed by atoms with Gasteiger partial charge in [0.05, 0.1) is 0 Å². The van der Waals surface area contributed by atoms with Crippen LogP contribution in [0.25, 0.3) is 0 Å². The van der Waals surface area contributed by atoms with Crippen molar-refractivity contribution in [3.8, 4) is 0 Å². The summed E-state index contributed by atoms with van der Waals surface area (Å²) in [5.74, 6) is 0. The summed E-state index contributed by atoms with van der Waals surface area (Å²) in [5.41, 5.74) is 1.45. The first-order valence-corrected chi connectivity index (χ1v) is 5.84. The average Bonchev–Trinajstić information content (AvgIpc) is 2.45. The lowest BCUT2D eigenvalue weighted by Gasteiger charge is -2.06. The highest BCUT2D eigenvalue weighted by Gasteiger charge is 1.99. The predicted octanol–water partition coefficient (Wildman–Crippen LogP) is 2.99. The van der Waals surface area contributed by atoms with Crippen LogP contribution in [0.3, 0.4) is 0 Å². The van der Waals surface area contributed by atoms with E-state index in [9.17, 15) is 0 Å². The van der Waals surface area contributed by atoms with Gasteiger partial charge in [-0.3, -0.25) is 0 Å². The molecule has 0 saturated heterocycles. The molecule has 1 aromatic rings. The van der Waals surface area contributed by atoms with E-state index in [4.69, 9.17) is 0 Å². The molecule has 0 radical (unpaired) electrons. The summed E-state index contributed by atoms with van der Waals surface area (Å²) in [6.45, 7) is 7.71. The first-order valence-electron chi connectivity index (χ1n) is 4.96.